The minimum absolute atomic E-state index is 0. The summed E-state index contributed by atoms with van der Waals surface area (Å²) in [5.41, 5.74) is 11.4. The van der Waals surface area contributed by atoms with E-state index in [1.165, 1.54) is 38.4 Å². The van der Waals surface area contributed by atoms with Gasteiger partial charge in [0.2, 0.25) is 0 Å². The number of aromatic nitrogens is 2. The van der Waals surface area contributed by atoms with Gasteiger partial charge in [0.25, 0.3) is 0 Å². The van der Waals surface area contributed by atoms with E-state index in [0.717, 1.165) is 62.7 Å². The van der Waals surface area contributed by atoms with Crippen LogP contribution in [0.3, 0.4) is 0 Å². The van der Waals surface area contributed by atoms with Crippen LogP contribution in [0.1, 0.15) is 63.8 Å². The van der Waals surface area contributed by atoms with Gasteiger partial charge in [-0.1, -0.05) is 131 Å². The van der Waals surface area contributed by atoms with E-state index in [-0.39, 0.29) is 25.5 Å². The molecule has 0 unspecified atom stereocenters. The van der Waals surface area contributed by atoms with E-state index in [1.54, 1.807) is 0 Å². The number of rotatable bonds is 4. The first-order chi connectivity index (χ1) is 24.3. The van der Waals surface area contributed by atoms with Crippen LogP contribution in [0.2, 0.25) is 0 Å². The molecule has 0 N–H and O–H groups in total. The van der Waals surface area contributed by atoms with Gasteiger partial charge in [0.15, 0.2) is 0 Å². The summed E-state index contributed by atoms with van der Waals surface area (Å²) in [5.74, 6) is 0. The molecular formula is C48H46IrN2O-2. The normalized spacial score (nSPS) is 11.8. The number of fused-ring (bicyclic) bond motifs is 7. The van der Waals surface area contributed by atoms with E-state index in [4.69, 9.17) is 4.42 Å². The fourth-order valence-corrected chi connectivity index (χ4v) is 6.96. The molecule has 0 fully saturated rings. The van der Waals surface area contributed by atoms with Crippen molar-refractivity contribution in [2.45, 2.75) is 68.2 Å². The van der Waals surface area contributed by atoms with Gasteiger partial charge in [-0.05, 0) is 69.8 Å². The molecule has 8 rings (SSSR count). The van der Waals surface area contributed by atoms with Crippen molar-refractivity contribution in [1.82, 2.24) is 9.97 Å². The smallest absolute Gasteiger partial charge is 0.129 e. The average molecular weight is 859 g/mol. The van der Waals surface area contributed by atoms with Gasteiger partial charge >= 0.3 is 0 Å². The van der Waals surface area contributed by atoms with E-state index < -0.39 is 0 Å². The van der Waals surface area contributed by atoms with Crippen molar-refractivity contribution in [3.63, 3.8) is 0 Å². The van der Waals surface area contributed by atoms with Crippen LogP contribution in [0.5, 0.6) is 0 Å². The van der Waals surface area contributed by atoms with Crippen LogP contribution in [0.25, 0.3) is 66.0 Å². The van der Waals surface area contributed by atoms with Crippen LogP contribution in [0, 0.1) is 36.8 Å². The maximum atomic E-state index is 6.63. The molecule has 3 nitrogen and oxygen atoms in total. The molecule has 4 heteroatoms. The minimum Gasteiger partial charge on any atom is -0.500 e. The largest absolute Gasteiger partial charge is 0.500 e. The molecule has 0 bridgehead atoms. The first kappa shape index (κ1) is 37.1. The van der Waals surface area contributed by atoms with Gasteiger partial charge in [0, 0.05) is 43.3 Å². The molecule has 3 aromatic heterocycles. The van der Waals surface area contributed by atoms with Crippen molar-refractivity contribution >= 4 is 43.5 Å². The van der Waals surface area contributed by atoms with E-state index in [0.29, 0.717) is 5.41 Å². The van der Waals surface area contributed by atoms with Gasteiger partial charge < -0.3 is 14.4 Å². The third kappa shape index (κ3) is 8.04. The predicted octanol–water partition coefficient (Wildman–Crippen LogP) is 13.1. The molecular weight excluding hydrogens is 813 g/mol. The van der Waals surface area contributed by atoms with Crippen LogP contribution in [0.4, 0.5) is 0 Å². The fourth-order valence-electron chi connectivity index (χ4n) is 6.96. The number of furan rings is 1. The molecule has 0 spiro atoms. The zero-order chi connectivity index (χ0) is 35.9. The number of hydrogen-bond acceptors (Lipinski definition) is 3. The average Bonchev–Trinajstić information content (AvgIpc) is 3.48. The van der Waals surface area contributed by atoms with E-state index in [9.17, 15) is 0 Å². The maximum Gasteiger partial charge on any atom is 0.129 e. The Morgan fingerprint density at radius 2 is 1.38 bits per heavy atom. The van der Waals surface area contributed by atoms with Crippen molar-refractivity contribution in [1.29, 1.82) is 0 Å². The number of benzene rings is 5. The Hall–Kier alpha value is -4.63. The summed E-state index contributed by atoms with van der Waals surface area (Å²) in [6.45, 7) is 17.8. The van der Waals surface area contributed by atoms with Gasteiger partial charge in [-0.2, -0.15) is 0 Å². The molecule has 0 saturated carbocycles. The Morgan fingerprint density at radius 1 is 0.654 bits per heavy atom. The molecule has 0 aliphatic carbocycles. The summed E-state index contributed by atoms with van der Waals surface area (Å²) in [6, 6.07) is 40.6. The Kier molecular flexibility index (Phi) is 10.6. The molecule has 5 aromatic carbocycles. The van der Waals surface area contributed by atoms with Gasteiger partial charge in [0.05, 0.1) is 5.58 Å². The second-order valence-corrected chi connectivity index (χ2v) is 16.3. The van der Waals surface area contributed by atoms with E-state index in [1.807, 2.05) is 24.5 Å². The zero-order valence-electron chi connectivity index (χ0n) is 31.4. The molecule has 0 atom stereocenters. The van der Waals surface area contributed by atoms with Crippen molar-refractivity contribution in [2.75, 3.05) is 0 Å². The number of hydrogen-bond donors (Lipinski definition) is 0. The molecule has 0 saturated heterocycles. The van der Waals surface area contributed by atoms with Crippen LogP contribution in [-0.2, 0) is 32.9 Å². The van der Waals surface area contributed by atoms with Crippen molar-refractivity contribution < 1.29 is 24.5 Å². The van der Waals surface area contributed by atoms with Gasteiger partial charge in [-0.3, -0.25) is 0 Å². The van der Waals surface area contributed by atoms with Crippen LogP contribution in [-0.4, -0.2) is 9.97 Å². The fraction of sp³-hybridized carbons (Fsp3) is 0.250. The van der Waals surface area contributed by atoms with Crippen LogP contribution < -0.4 is 0 Å². The summed E-state index contributed by atoms with van der Waals surface area (Å²) in [4.78, 5) is 9.27. The molecule has 0 amide bonds. The Balaban J connectivity index is 0.000000200. The van der Waals surface area contributed by atoms with E-state index >= 15 is 0 Å². The molecule has 0 aliphatic heterocycles. The van der Waals surface area contributed by atoms with E-state index in [2.05, 4.69) is 162 Å². The molecule has 52 heavy (non-hydrogen) atoms. The minimum atomic E-state index is 0. The van der Waals surface area contributed by atoms with Crippen LogP contribution in [0.15, 0.2) is 114 Å². The third-order valence-corrected chi connectivity index (χ3v) is 9.31. The predicted molar refractivity (Wildman–Crippen MR) is 215 cm³/mol. The third-order valence-electron chi connectivity index (χ3n) is 9.31. The molecule has 1 radical (unpaired) electrons. The maximum absolute atomic E-state index is 6.63. The zero-order valence-corrected chi connectivity index (χ0v) is 33.8. The summed E-state index contributed by atoms with van der Waals surface area (Å²) in [7, 11) is 0. The SMILES string of the molecule is CC(C)(C)Cc1ccnc(-c2[c-]ccc3c2oc2c3ccc3ccc4ccccc4c32)c1.Cc1c[c-]c(-c2cc(C)c(CC(C)(C)C)cn2)cc1.[Ir]. The Morgan fingerprint density at radius 3 is 2.12 bits per heavy atom. The summed E-state index contributed by atoms with van der Waals surface area (Å²) in [6.07, 6.45) is 5.97. The molecule has 8 aromatic rings. The van der Waals surface area contributed by atoms with Crippen molar-refractivity contribution in [3.05, 3.63) is 144 Å². The monoisotopic (exact) mass is 859 g/mol. The topological polar surface area (TPSA) is 38.9 Å². The second kappa shape index (κ2) is 14.8. The molecule has 265 valence electrons. The summed E-state index contributed by atoms with van der Waals surface area (Å²) in [5, 5.41) is 7.02. The standard InChI is InChI=1S/C30H24NO.C18H22N.Ir/c1-30(2,3)18-19-15-16-31-26(17-19)25-10-6-9-23-24-14-13-21-12-11-20-7-4-5-8-22(20)27(21)29(24)32-28(23)25;1-13-6-8-15(9-7-13)17-10-14(2)16(12-19-17)11-18(3,4)5;/h4-9,11-17H,18H2,1-3H3;6-8,10,12H,11H2,1-5H3;/q2*-1;. The number of aryl methyl sites for hydroxylation is 2. The van der Waals surface area contributed by atoms with Gasteiger partial charge in [-0.15, -0.1) is 53.6 Å². The van der Waals surface area contributed by atoms with Crippen molar-refractivity contribution in [2.24, 2.45) is 10.8 Å². The van der Waals surface area contributed by atoms with Crippen molar-refractivity contribution in [3.8, 4) is 22.5 Å². The first-order valence-electron chi connectivity index (χ1n) is 17.9. The van der Waals surface area contributed by atoms with Crippen LogP contribution >= 0.6 is 0 Å². The van der Waals surface area contributed by atoms with Gasteiger partial charge in [0.1, 0.15) is 5.58 Å². The quantitative estimate of drug-likeness (QED) is 0.131. The summed E-state index contributed by atoms with van der Waals surface area (Å²) >= 11 is 0. The molecule has 0 aliphatic rings. The second-order valence-electron chi connectivity index (χ2n) is 16.3. The van der Waals surface area contributed by atoms with Gasteiger partial charge in [-0.25, -0.2) is 0 Å². The number of nitrogens with zero attached hydrogens (tertiary/aromatic N) is 2. The summed E-state index contributed by atoms with van der Waals surface area (Å²) < 4.78 is 6.63. The Bertz CT molecular complexity index is 2510. The Labute approximate surface area is 321 Å². The first-order valence-corrected chi connectivity index (χ1v) is 17.9. The molecule has 3 heterocycles. The number of pyridine rings is 2.